The van der Waals surface area contributed by atoms with Crippen LogP contribution in [0.25, 0.3) is 45.3 Å². The summed E-state index contributed by atoms with van der Waals surface area (Å²) in [4.78, 5) is 39.0. The molecule has 73 heavy (non-hydrogen) atoms. The average molecular weight is 981 g/mol. The molecule has 0 atom stereocenters. The lowest BCUT2D eigenvalue weighted by Gasteiger charge is -2.30. The average Bonchev–Trinajstić information content (AvgIpc) is 4.32. The molecule has 5 aromatic carbocycles. The molecule has 2 aliphatic heterocycles. The van der Waals surface area contributed by atoms with Crippen molar-refractivity contribution in [3.05, 3.63) is 176 Å². The van der Waals surface area contributed by atoms with Crippen LogP contribution in [0.3, 0.4) is 0 Å². The van der Waals surface area contributed by atoms with Crippen LogP contribution in [0, 0.1) is 0 Å². The van der Waals surface area contributed by atoms with Crippen LogP contribution in [-0.4, -0.2) is 129 Å². The standard InChI is InChI=1S/C24H25N7O2.C24H18N6O2.C6H13NO/c1-29(21-10-12-33-13-11-21)24(32)30-16-22(25-17-30)19-8-5-9-20(14-19)23-26-28-31(27-23)15-18-6-3-2-4-7-18;31-24(32-21-12-5-2-6-13-21)29-16-22(25-17-29)19-10-7-11-20(14-19)23-26-28-30(27-23)15-18-8-3-1-4-9-18;1-7-6-2-4-8-5-3-6/h2-9,14,16-17,21H,10-13,15H2,1H3;1-14,16-17H,15H2;6-7H,2-5H2,1H3. The van der Waals surface area contributed by atoms with Gasteiger partial charge in [0.25, 0.3) is 0 Å². The van der Waals surface area contributed by atoms with Crippen molar-refractivity contribution in [3.63, 3.8) is 0 Å². The Hall–Kier alpha value is -8.52. The molecule has 2 aliphatic rings. The van der Waals surface area contributed by atoms with Gasteiger partial charge < -0.3 is 24.4 Å². The molecule has 19 heteroatoms. The fourth-order valence-electron chi connectivity index (χ4n) is 8.17. The van der Waals surface area contributed by atoms with E-state index in [-0.39, 0.29) is 12.1 Å². The van der Waals surface area contributed by atoms with Gasteiger partial charge in [-0.1, -0.05) is 115 Å². The van der Waals surface area contributed by atoms with E-state index in [9.17, 15) is 9.59 Å². The van der Waals surface area contributed by atoms with Crippen LogP contribution in [0.4, 0.5) is 9.59 Å². The summed E-state index contributed by atoms with van der Waals surface area (Å²) in [5, 5.41) is 28.9. The molecule has 0 bridgehead atoms. The number of benzene rings is 5. The van der Waals surface area contributed by atoms with E-state index >= 15 is 0 Å². The van der Waals surface area contributed by atoms with Gasteiger partial charge in [-0.15, -0.1) is 20.4 Å². The van der Waals surface area contributed by atoms with Gasteiger partial charge in [-0.3, -0.25) is 4.57 Å². The maximum Gasteiger partial charge on any atom is 0.424 e. The predicted molar refractivity (Wildman–Crippen MR) is 273 cm³/mol. The molecule has 0 unspecified atom stereocenters. The molecule has 19 nitrogen and oxygen atoms in total. The zero-order valence-corrected chi connectivity index (χ0v) is 40.7. The lowest BCUT2D eigenvalue weighted by molar-refractivity contribution is 0.0528. The highest BCUT2D eigenvalue weighted by Gasteiger charge is 2.24. The number of para-hydroxylation sites is 1. The molecule has 2 saturated heterocycles. The number of carbonyl (C=O) groups excluding carboxylic acids is 2. The number of nitrogens with zero attached hydrogens (tertiary/aromatic N) is 13. The maximum absolute atomic E-state index is 12.9. The SMILES string of the molecule is CN(C(=O)n1cnc(-c2cccc(-c3nnn(Cc4ccccc4)n3)c2)c1)C1CCOCC1.CNC1CCOCC1.O=C(Oc1ccccc1)n1cnc(-c2cccc(-c3nnn(Cc4ccccc4)n3)c2)c1. The minimum atomic E-state index is -0.531. The van der Waals surface area contributed by atoms with Gasteiger partial charge in [0.05, 0.1) is 24.5 Å². The highest BCUT2D eigenvalue weighted by Crippen LogP contribution is 2.25. The Balaban J connectivity index is 0.000000156. The third kappa shape index (κ3) is 13.5. The van der Waals surface area contributed by atoms with Crippen molar-refractivity contribution in [1.29, 1.82) is 0 Å². The second-order valence-corrected chi connectivity index (χ2v) is 17.3. The molecule has 1 amide bonds. The summed E-state index contributed by atoms with van der Waals surface area (Å²) in [6.07, 6.45) is 9.91. The van der Waals surface area contributed by atoms with Gasteiger partial charge in [-0.2, -0.15) is 9.59 Å². The molecule has 372 valence electrons. The van der Waals surface area contributed by atoms with Crippen LogP contribution in [0.15, 0.2) is 165 Å². The van der Waals surface area contributed by atoms with Crippen molar-refractivity contribution < 1.29 is 23.8 Å². The Labute approximate surface area is 422 Å². The first-order chi connectivity index (χ1) is 35.8. The zero-order valence-electron chi connectivity index (χ0n) is 40.7. The second-order valence-electron chi connectivity index (χ2n) is 17.3. The van der Waals surface area contributed by atoms with Crippen molar-refractivity contribution in [2.75, 3.05) is 40.5 Å². The zero-order chi connectivity index (χ0) is 50.2. The Kier molecular flexibility index (Phi) is 16.6. The molecular formula is C54H56N14O5. The second kappa shape index (κ2) is 24.5. The van der Waals surface area contributed by atoms with Crippen molar-refractivity contribution in [2.45, 2.75) is 50.9 Å². The quantitative estimate of drug-likeness (QED) is 0.131. The van der Waals surface area contributed by atoms with Gasteiger partial charge in [-0.05, 0) is 78.6 Å². The molecule has 0 aliphatic carbocycles. The van der Waals surface area contributed by atoms with E-state index in [1.54, 1.807) is 57.5 Å². The number of ether oxygens (including phenoxy) is 3. The predicted octanol–water partition coefficient (Wildman–Crippen LogP) is 8.01. The smallest absolute Gasteiger partial charge is 0.410 e. The topological polar surface area (TPSA) is 200 Å². The number of hydrogen-bond acceptors (Lipinski definition) is 14. The van der Waals surface area contributed by atoms with E-state index in [1.165, 1.54) is 28.3 Å². The van der Waals surface area contributed by atoms with Gasteiger partial charge in [0.15, 0.2) is 0 Å². The Morgan fingerprint density at radius 1 is 0.603 bits per heavy atom. The van der Waals surface area contributed by atoms with E-state index < -0.39 is 6.09 Å². The molecule has 4 aromatic heterocycles. The highest BCUT2D eigenvalue weighted by molar-refractivity contribution is 5.79. The van der Waals surface area contributed by atoms with Crippen molar-refractivity contribution in [3.8, 4) is 51.0 Å². The van der Waals surface area contributed by atoms with Crippen LogP contribution in [0.1, 0.15) is 36.8 Å². The number of aromatic nitrogens is 12. The lowest BCUT2D eigenvalue weighted by atomic mass is 10.1. The summed E-state index contributed by atoms with van der Waals surface area (Å²) in [6, 6.07) is 45.1. The van der Waals surface area contributed by atoms with Crippen molar-refractivity contribution >= 4 is 12.1 Å². The number of hydrogen-bond donors (Lipinski definition) is 1. The van der Waals surface area contributed by atoms with E-state index in [0.29, 0.717) is 61.1 Å². The summed E-state index contributed by atoms with van der Waals surface area (Å²) in [6.45, 7) is 4.35. The molecule has 0 saturated carbocycles. The largest absolute Gasteiger partial charge is 0.424 e. The van der Waals surface area contributed by atoms with Gasteiger partial charge in [0, 0.05) is 80.2 Å². The number of tetrazole rings is 2. The molecule has 1 N–H and O–H groups in total. The summed E-state index contributed by atoms with van der Waals surface area (Å²) in [5.74, 6) is 1.53. The van der Waals surface area contributed by atoms with E-state index in [4.69, 9.17) is 14.2 Å². The fraction of sp³-hybridized carbons (Fsp3) is 0.259. The third-order valence-corrected chi connectivity index (χ3v) is 12.3. The maximum atomic E-state index is 12.9. The monoisotopic (exact) mass is 980 g/mol. The number of rotatable bonds is 11. The number of imidazole rings is 2. The van der Waals surface area contributed by atoms with Crippen LogP contribution in [0.5, 0.6) is 5.75 Å². The van der Waals surface area contributed by atoms with E-state index in [2.05, 4.69) is 46.1 Å². The lowest BCUT2D eigenvalue weighted by Crippen LogP contribution is -2.42. The van der Waals surface area contributed by atoms with Crippen LogP contribution >= 0.6 is 0 Å². The van der Waals surface area contributed by atoms with Gasteiger partial charge >= 0.3 is 12.1 Å². The Morgan fingerprint density at radius 2 is 1.07 bits per heavy atom. The van der Waals surface area contributed by atoms with E-state index in [1.807, 2.05) is 129 Å². The minimum absolute atomic E-state index is 0.0951. The normalized spacial score (nSPS) is 13.8. The molecular weight excluding hydrogens is 925 g/mol. The number of nitrogens with one attached hydrogen (secondary N) is 1. The Bertz CT molecular complexity index is 3140. The highest BCUT2D eigenvalue weighted by atomic mass is 16.6. The molecule has 0 radical (unpaired) electrons. The Morgan fingerprint density at radius 3 is 1.58 bits per heavy atom. The summed E-state index contributed by atoms with van der Waals surface area (Å²) < 4.78 is 18.8. The first-order valence-electron chi connectivity index (χ1n) is 24.2. The molecule has 6 heterocycles. The van der Waals surface area contributed by atoms with Crippen molar-refractivity contribution in [1.82, 2.24) is 69.7 Å². The molecule has 0 spiro atoms. The molecule has 11 rings (SSSR count). The summed E-state index contributed by atoms with van der Waals surface area (Å²) >= 11 is 0. The molecule has 2 fully saturated rings. The molecule has 9 aromatic rings. The minimum Gasteiger partial charge on any atom is -0.410 e. The van der Waals surface area contributed by atoms with Crippen LogP contribution < -0.4 is 10.1 Å². The van der Waals surface area contributed by atoms with E-state index in [0.717, 1.165) is 59.4 Å². The third-order valence-electron chi connectivity index (χ3n) is 12.3. The number of amides is 1. The summed E-state index contributed by atoms with van der Waals surface area (Å²) in [5.41, 5.74) is 6.90. The van der Waals surface area contributed by atoms with Gasteiger partial charge in [0.2, 0.25) is 11.6 Å². The first-order valence-corrected chi connectivity index (χ1v) is 24.2. The van der Waals surface area contributed by atoms with Crippen LogP contribution in [0.2, 0.25) is 0 Å². The first kappa shape index (κ1) is 49.5. The van der Waals surface area contributed by atoms with Crippen LogP contribution in [-0.2, 0) is 22.6 Å². The van der Waals surface area contributed by atoms with Gasteiger partial charge in [-0.25, -0.2) is 24.1 Å². The number of carbonyl (C=O) groups is 2. The summed E-state index contributed by atoms with van der Waals surface area (Å²) in [7, 11) is 3.85. The fourth-order valence-corrected chi connectivity index (χ4v) is 8.17. The van der Waals surface area contributed by atoms with Crippen molar-refractivity contribution in [2.24, 2.45) is 0 Å². The van der Waals surface area contributed by atoms with Gasteiger partial charge in [0.1, 0.15) is 18.4 Å².